The van der Waals surface area contributed by atoms with Crippen molar-refractivity contribution in [3.63, 3.8) is 0 Å². The third kappa shape index (κ3) is 5.63. The predicted molar refractivity (Wildman–Crippen MR) is 73.3 cm³/mol. The Bertz CT molecular complexity index is 55.0. The van der Waals surface area contributed by atoms with Gasteiger partial charge >= 0.3 is 0 Å². The first kappa shape index (κ1) is 18.3. The van der Waals surface area contributed by atoms with Crippen LogP contribution in [0.5, 0.6) is 0 Å². The summed E-state index contributed by atoms with van der Waals surface area (Å²) < 4.78 is 1.28. The van der Waals surface area contributed by atoms with E-state index >= 15 is 0 Å². The summed E-state index contributed by atoms with van der Waals surface area (Å²) in [5, 5.41) is 0. The van der Waals surface area contributed by atoms with Crippen molar-refractivity contribution in [2.75, 3.05) is 26.2 Å². The fraction of sp³-hybridized carbons (Fsp3) is 1.00. The molecule has 11 heavy (non-hydrogen) atoms. The molecule has 72 valence electrons. The molecule has 0 saturated heterocycles. The molecule has 0 aliphatic heterocycles. The predicted octanol–water partition coefficient (Wildman–Crippen LogP) is 3.12. The molecule has 0 aliphatic carbocycles. The molecular formula is C8H22I2N+. The minimum absolute atomic E-state index is 0. The summed E-state index contributed by atoms with van der Waals surface area (Å²) in [7, 11) is 0. The number of hydrogen-bond acceptors (Lipinski definition) is 0. The molecule has 0 saturated carbocycles. The van der Waals surface area contributed by atoms with Gasteiger partial charge in [0.2, 0.25) is 0 Å². The van der Waals surface area contributed by atoms with Gasteiger partial charge in [-0.3, -0.25) is 0 Å². The van der Waals surface area contributed by atoms with Crippen molar-refractivity contribution in [3.8, 4) is 0 Å². The maximum Gasteiger partial charge on any atom is 0.0757 e. The largest absolute Gasteiger partial charge is 0.325 e. The molecule has 0 aromatic rings. The normalized spacial score (nSPS) is 9.82. The van der Waals surface area contributed by atoms with Crippen LogP contribution in [0.1, 0.15) is 27.7 Å². The summed E-state index contributed by atoms with van der Waals surface area (Å²) in [6.45, 7) is 14.2. The zero-order chi connectivity index (χ0) is 7.33. The first-order valence-electron chi connectivity index (χ1n) is 4.09. The SMILES string of the molecule is CC[N+](CC)(CC)CC.I.I. The lowest BCUT2D eigenvalue weighted by Crippen LogP contribution is -2.47. The molecule has 0 unspecified atom stereocenters. The summed E-state index contributed by atoms with van der Waals surface area (Å²) in [6, 6.07) is 0. The van der Waals surface area contributed by atoms with Gasteiger partial charge in [0.25, 0.3) is 0 Å². The van der Waals surface area contributed by atoms with E-state index in [-0.39, 0.29) is 48.0 Å². The smallest absolute Gasteiger partial charge is 0.0757 e. The van der Waals surface area contributed by atoms with Gasteiger partial charge in [-0.15, -0.1) is 48.0 Å². The Morgan fingerprint density at radius 1 is 0.636 bits per heavy atom. The average Bonchev–Trinajstić information content (AvgIpc) is 1.95. The fourth-order valence-corrected chi connectivity index (χ4v) is 1.34. The van der Waals surface area contributed by atoms with Crippen LogP contribution in [0.25, 0.3) is 0 Å². The molecule has 0 aromatic heterocycles. The molecule has 0 amide bonds. The summed E-state index contributed by atoms with van der Waals surface area (Å²) >= 11 is 0. The second-order valence-corrected chi connectivity index (χ2v) is 2.61. The number of rotatable bonds is 4. The first-order chi connectivity index (χ1) is 4.24. The van der Waals surface area contributed by atoms with Crippen LogP contribution in [0.4, 0.5) is 0 Å². The molecule has 1 nitrogen and oxygen atoms in total. The van der Waals surface area contributed by atoms with Gasteiger partial charge in [-0.2, -0.15) is 0 Å². The third-order valence-corrected chi connectivity index (χ3v) is 2.68. The Labute approximate surface area is 106 Å². The zero-order valence-corrected chi connectivity index (χ0v) is 12.8. The highest BCUT2D eigenvalue weighted by Crippen LogP contribution is 2.03. The van der Waals surface area contributed by atoms with E-state index in [0.717, 1.165) is 0 Å². The van der Waals surface area contributed by atoms with E-state index < -0.39 is 0 Å². The average molecular weight is 386 g/mol. The topological polar surface area (TPSA) is 0 Å². The molecule has 0 spiro atoms. The second kappa shape index (κ2) is 9.51. The van der Waals surface area contributed by atoms with Crippen LogP contribution in [-0.4, -0.2) is 30.7 Å². The molecule has 0 aliphatic rings. The Balaban J connectivity index is -0.000000320. The number of halogens is 2. The maximum atomic E-state index is 2.27. The molecular weight excluding hydrogens is 364 g/mol. The van der Waals surface area contributed by atoms with Crippen LogP contribution in [0.3, 0.4) is 0 Å². The van der Waals surface area contributed by atoms with Crippen molar-refractivity contribution in [2.45, 2.75) is 27.7 Å². The van der Waals surface area contributed by atoms with Crippen molar-refractivity contribution >= 4 is 48.0 Å². The second-order valence-electron chi connectivity index (χ2n) is 2.61. The molecule has 0 bridgehead atoms. The van der Waals surface area contributed by atoms with E-state index in [9.17, 15) is 0 Å². The Kier molecular flexibility index (Phi) is 15.8. The van der Waals surface area contributed by atoms with E-state index in [2.05, 4.69) is 27.7 Å². The van der Waals surface area contributed by atoms with Crippen LogP contribution in [0, 0.1) is 0 Å². The highest BCUT2D eigenvalue weighted by atomic mass is 127. The molecule has 0 heterocycles. The lowest BCUT2D eigenvalue weighted by molar-refractivity contribution is -0.921. The monoisotopic (exact) mass is 386 g/mol. The van der Waals surface area contributed by atoms with Gasteiger partial charge in [0.1, 0.15) is 0 Å². The van der Waals surface area contributed by atoms with Gasteiger partial charge in [0, 0.05) is 0 Å². The van der Waals surface area contributed by atoms with E-state index in [1.165, 1.54) is 30.7 Å². The molecule has 0 rings (SSSR count). The molecule has 3 heteroatoms. The van der Waals surface area contributed by atoms with E-state index in [1.54, 1.807) is 0 Å². The number of quaternary nitrogens is 1. The number of hydrogen-bond donors (Lipinski definition) is 0. The minimum atomic E-state index is 0. The lowest BCUT2D eigenvalue weighted by Gasteiger charge is -2.34. The molecule has 0 aromatic carbocycles. The van der Waals surface area contributed by atoms with Crippen molar-refractivity contribution in [1.29, 1.82) is 0 Å². The van der Waals surface area contributed by atoms with Gasteiger partial charge in [0.05, 0.1) is 26.2 Å². The standard InChI is InChI=1S/C8H20N.2HI/c1-5-9(6-2,7-3)8-4;;/h5-8H2,1-4H3;2*1H/q+1;;. The van der Waals surface area contributed by atoms with Gasteiger partial charge in [-0.05, 0) is 27.7 Å². The van der Waals surface area contributed by atoms with E-state index in [1.807, 2.05) is 0 Å². The molecule has 0 atom stereocenters. The van der Waals surface area contributed by atoms with Crippen LogP contribution >= 0.6 is 48.0 Å². The van der Waals surface area contributed by atoms with Gasteiger partial charge in [-0.1, -0.05) is 0 Å². The lowest BCUT2D eigenvalue weighted by atomic mass is 10.3. The Morgan fingerprint density at radius 3 is 0.818 bits per heavy atom. The van der Waals surface area contributed by atoms with E-state index in [4.69, 9.17) is 0 Å². The van der Waals surface area contributed by atoms with Crippen LogP contribution in [0.15, 0.2) is 0 Å². The highest BCUT2D eigenvalue weighted by molar-refractivity contribution is 14.0. The summed E-state index contributed by atoms with van der Waals surface area (Å²) in [5.41, 5.74) is 0. The van der Waals surface area contributed by atoms with Crippen LogP contribution < -0.4 is 0 Å². The third-order valence-electron chi connectivity index (χ3n) is 2.68. The number of nitrogens with zero attached hydrogens (tertiary/aromatic N) is 1. The van der Waals surface area contributed by atoms with Crippen molar-refractivity contribution < 1.29 is 4.48 Å². The van der Waals surface area contributed by atoms with E-state index in [0.29, 0.717) is 0 Å². The highest BCUT2D eigenvalue weighted by Gasteiger charge is 2.16. The summed E-state index contributed by atoms with van der Waals surface area (Å²) in [6.07, 6.45) is 0. The Morgan fingerprint density at radius 2 is 0.818 bits per heavy atom. The Hall–Kier alpha value is 1.42. The summed E-state index contributed by atoms with van der Waals surface area (Å²) in [5.74, 6) is 0. The van der Waals surface area contributed by atoms with Crippen molar-refractivity contribution in [2.24, 2.45) is 0 Å². The minimum Gasteiger partial charge on any atom is -0.325 e. The van der Waals surface area contributed by atoms with Crippen molar-refractivity contribution in [1.82, 2.24) is 0 Å². The maximum absolute atomic E-state index is 2.27. The van der Waals surface area contributed by atoms with Crippen LogP contribution in [-0.2, 0) is 0 Å². The summed E-state index contributed by atoms with van der Waals surface area (Å²) in [4.78, 5) is 0. The fourth-order valence-electron chi connectivity index (χ4n) is 1.34. The van der Waals surface area contributed by atoms with Crippen LogP contribution in [0.2, 0.25) is 0 Å². The zero-order valence-electron chi connectivity index (χ0n) is 8.09. The van der Waals surface area contributed by atoms with Gasteiger partial charge < -0.3 is 4.48 Å². The molecule has 0 fully saturated rings. The van der Waals surface area contributed by atoms with Gasteiger partial charge in [-0.25, -0.2) is 0 Å². The van der Waals surface area contributed by atoms with Gasteiger partial charge in [0.15, 0.2) is 0 Å². The quantitative estimate of drug-likeness (QED) is 0.515. The molecule has 0 N–H and O–H groups in total. The van der Waals surface area contributed by atoms with Crippen molar-refractivity contribution in [3.05, 3.63) is 0 Å². The molecule has 0 radical (unpaired) electrons. The first-order valence-corrected chi connectivity index (χ1v) is 4.09.